The summed E-state index contributed by atoms with van der Waals surface area (Å²) in [6.07, 6.45) is 8.84. The van der Waals surface area contributed by atoms with E-state index in [4.69, 9.17) is 9.47 Å². The van der Waals surface area contributed by atoms with Crippen LogP contribution in [0, 0.1) is 0 Å². The maximum atomic E-state index is 5.85. The molecule has 0 radical (unpaired) electrons. The number of hydrogen-bond acceptors (Lipinski definition) is 3. The van der Waals surface area contributed by atoms with E-state index in [1.54, 1.807) is 0 Å². The second-order valence-corrected chi connectivity index (χ2v) is 5.30. The molecule has 3 fully saturated rings. The van der Waals surface area contributed by atoms with E-state index in [0.29, 0.717) is 5.54 Å². The molecular formula is C12H21NO2. The molecule has 0 aromatic heterocycles. The molecule has 0 aromatic rings. The molecule has 15 heavy (non-hydrogen) atoms. The standard InChI is InChI=1S/C12H21NO2/c1-2-4-11(5-3-1)10-12(6-7-13-11)14-8-9-15-12/h13H,1-10H2. The van der Waals surface area contributed by atoms with Crippen molar-refractivity contribution in [1.29, 1.82) is 0 Å². The van der Waals surface area contributed by atoms with Crippen LogP contribution in [0.4, 0.5) is 0 Å². The lowest BCUT2D eigenvalue weighted by atomic mass is 9.74. The Balaban J connectivity index is 1.74. The van der Waals surface area contributed by atoms with Crippen LogP contribution in [-0.2, 0) is 9.47 Å². The summed E-state index contributed by atoms with van der Waals surface area (Å²) in [7, 11) is 0. The zero-order chi connectivity index (χ0) is 10.2. The normalized spacial score (nSPS) is 33.6. The molecule has 2 heterocycles. The summed E-state index contributed by atoms with van der Waals surface area (Å²) in [6.45, 7) is 2.63. The van der Waals surface area contributed by atoms with Crippen LogP contribution in [0.2, 0.25) is 0 Å². The molecule has 3 rings (SSSR count). The van der Waals surface area contributed by atoms with Crippen molar-refractivity contribution in [3.8, 4) is 0 Å². The highest BCUT2D eigenvalue weighted by atomic mass is 16.7. The molecule has 1 aliphatic carbocycles. The van der Waals surface area contributed by atoms with Gasteiger partial charge in [-0.15, -0.1) is 0 Å². The Morgan fingerprint density at radius 2 is 1.60 bits per heavy atom. The van der Waals surface area contributed by atoms with Crippen molar-refractivity contribution >= 4 is 0 Å². The van der Waals surface area contributed by atoms with Crippen molar-refractivity contribution in [3.05, 3.63) is 0 Å². The number of rotatable bonds is 0. The van der Waals surface area contributed by atoms with Crippen LogP contribution in [0.25, 0.3) is 0 Å². The Bertz CT molecular complexity index is 224. The minimum Gasteiger partial charge on any atom is -0.347 e. The fourth-order valence-corrected chi connectivity index (χ4v) is 3.51. The van der Waals surface area contributed by atoms with E-state index < -0.39 is 0 Å². The van der Waals surface area contributed by atoms with Crippen LogP contribution in [0.15, 0.2) is 0 Å². The van der Waals surface area contributed by atoms with Gasteiger partial charge in [0.2, 0.25) is 0 Å². The molecule has 2 aliphatic heterocycles. The molecule has 0 aromatic carbocycles. The molecule has 0 bridgehead atoms. The van der Waals surface area contributed by atoms with E-state index in [0.717, 1.165) is 32.6 Å². The summed E-state index contributed by atoms with van der Waals surface area (Å²) < 4.78 is 11.7. The van der Waals surface area contributed by atoms with Crippen molar-refractivity contribution in [2.24, 2.45) is 0 Å². The van der Waals surface area contributed by atoms with Crippen molar-refractivity contribution in [2.45, 2.75) is 56.3 Å². The predicted octanol–water partition coefficient (Wildman–Crippen LogP) is 1.82. The van der Waals surface area contributed by atoms with Crippen LogP contribution in [0.3, 0.4) is 0 Å². The lowest BCUT2D eigenvalue weighted by molar-refractivity contribution is -0.193. The molecule has 0 amide bonds. The molecule has 3 nitrogen and oxygen atoms in total. The molecule has 3 heteroatoms. The summed E-state index contributed by atoms with van der Waals surface area (Å²) in [5, 5.41) is 3.73. The Hall–Kier alpha value is -0.120. The first-order chi connectivity index (χ1) is 7.33. The summed E-state index contributed by atoms with van der Waals surface area (Å²) >= 11 is 0. The van der Waals surface area contributed by atoms with Crippen LogP contribution in [0.5, 0.6) is 0 Å². The molecule has 2 spiro atoms. The Morgan fingerprint density at radius 1 is 0.867 bits per heavy atom. The van der Waals surface area contributed by atoms with Gasteiger partial charge in [-0.25, -0.2) is 0 Å². The topological polar surface area (TPSA) is 30.5 Å². The quantitative estimate of drug-likeness (QED) is 0.663. The number of hydrogen-bond donors (Lipinski definition) is 1. The van der Waals surface area contributed by atoms with Crippen LogP contribution < -0.4 is 5.32 Å². The summed E-state index contributed by atoms with van der Waals surface area (Å²) in [6, 6.07) is 0. The van der Waals surface area contributed by atoms with Crippen LogP contribution >= 0.6 is 0 Å². The van der Waals surface area contributed by atoms with Crippen molar-refractivity contribution in [2.75, 3.05) is 19.8 Å². The van der Waals surface area contributed by atoms with E-state index in [1.807, 2.05) is 0 Å². The molecule has 0 atom stereocenters. The largest absolute Gasteiger partial charge is 0.347 e. The summed E-state index contributed by atoms with van der Waals surface area (Å²) in [5.41, 5.74) is 0.334. The van der Waals surface area contributed by atoms with Gasteiger partial charge in [0.15, 0.2) is 5.79 Å². The third kappa shape index (κ3) is 1.81. The Morgan fingerprint density at radius 3 is 2.33 bits per heavy atom. The third-order valence-corrected chi connectivity index (χ3v) is 4.24. The first kappa shape index (κ1) is 10.1. The highest BCUT2D eigenvalue weighted by molar-refractivity contribution is 5.00. The average Bonchev–Trinajstić information content (AvgIpc) is 2.67. The number of ether oxygens (including phenoxy) is 2. The third-order valence-electron chi connectivity index (χ3n) is 4.24. The number of piperidine rings is 1. The molecule has 86 valence electrons. The van der Waals surface area contributed by atoms with Gasteiger partial charge in [0.05, 0.1) is 13.2 Å². The maximum Gasteiger partial charge on any atom is 0.171 e. The molecule has 3 aliphatic rings. The predicted molar refractivity (Wildman–Crippen MR) is 57.7 cm³/mol. The van der Waals surface area contributed by atoms with E-state index in [1.165, 1.54) is 32.1 Å². The van der Waals surface area contributed by atoms with Gasteiger partial charge in [-0.05, 0) is 12.8 Å². The zero-order valence-corrected chi connectivity index (χ0v) is 9.39. The number of nitrogens with one attached hydrogen (secondary N) is 1. The molecular weight excluding hydrogens is 190 g/mol. The van der Waals surface area contributed by atoms with Gasteiger partial charge in [0.1, 0.15) is 0 Å². The van der Waals surface area contributed by atoms with Crippen molar-refractivity contribution in [1.82, 2.24) is 5.32 Å². The monoisotopic (exact) mass is 211 g/mol. The fourth-order valence-electron chi connectivity index (χ4n) is 3.51. The van der Waals surface area contributed by atoms with E-state index in [9.17, 15) is 0 Å². The van der Waals surface area contributed by atoms with E-state index in [-0.39, 0.29) is 5.79 Å². The summed E-state index contributed by atoms with van der Waals surface area (Å²) in [5.74, 6) is -0.220. The van der Waals surface area contributed by atoms with E-state index in [2.05, 4.69) is 5.32 Å². The average molecular weight is 211 g/mol. The molecule has 2 saturated heterocycles. The van der Waals surface area contributed by atoms with Crippen LogP contribution in [-0.4, -0.2) is 31.1 Å². The zero-order valence-electron chi connectivity index (χ0n) is 9.39. The van der Waals surface area contributed by atoms with Gasteiger partial charge in [-0.1, -0.05) is 19.3 Å². The van der Waals surface area contributed by atoms with Crippen molar-refractivity contribution < 1.29 is 9.47 Å². The van der Waals surface area contributed by atoms with Gasteiger partial charge in [0, 0.05) is 24.9 Å². The maximum absolute atomic E-state index is 5.85. The molecule has 0 unspecified atom stereocenters. The Labute approximate surface area is 91.5 Å². The van der Waals surface area contributed by atoms with Gasteiger partial charge >= 0.3 is 0 Å². The van der Waals surface area contributed by atoms with E-state index >= 15 is 0 Å². The highest BCUT2D eigenvalue weighted by Gasteiger charge is 2.48. The minimum atomic E-state index is -0.220. The van der Waals surface area contributed by atoms with Crippen molar-refractivity contribution in [3.63, 3.8) is 0 Å². The highest BCUT2D eigenvalue weighted by Crippen LogP contribution is 2.42. The van der Waals surface area contributed by atoms with Crippen LogP contribution in [0.1, 0.15) is 44.9 Å². The lowest BCUT2D eigenvalue weighted by Crippen LogP contribution is -2.58. The van der Waals surface area contributed by atoms with Gasteiger partial charge in [0.25, 0.3) is 0 Å². The first-order valence-electron chi connectivity index (χ1n) is 6.36. The van der Waals surface area contributed by atoms with Gasteiger partial charge in [-0.3, -0.25) is 0 Å². The second kappa shape index (κ2) is 3.72. The smallest absolute Gasteiger partial charge is 0.171 e. The SMILES string of the molecule is C1CCC2(CC1)CC1(CCN2)OCCO1. The lowest BCUT2D eigenvalue weighted by Gasteiger charge is -2.47. The van der Waals surface area contributed by atoms with Gasteiger partial charge < -0.3 is 14.8 Å². The minimum absolute atomic E-state index is 0.220. The summed E-state index contributed by atoms with van der Waals surface area (Å²) in [4.78, 5) is 0. The second-order valence-electron chi connectivity index (χ2n) is 5.30. The Kier molecular flexibility index (Phi) is 2.49. The first-order valence-corrected chi connectivity index (χ1v) is 6.36. The fraction of sp³-hybridized carbons (Fsp3) is 1.00. The molecule has 1 saturated carbocycles. The molecule has 1 N–H and O–H groups in total. The van der Waals surface area contributed by atoms with Gasteiger partial charge in [-0.2, -0.15) is 0 Å².